The zero-order valence-corrected chi connectivity index (χ0v) is 20.8. The number of rotatable bonds is 7. The molecule has 0 unspecified atom stereocenters. The number of carbonyl (C=O) groups is 4. The van der Waals surface area contributed by atoms with Crippen LogP contribution in [0, 0.1) is 0 Å². The quantitative estimate of drug-likeness (QED) is 0.290. The second kappa shape index (κ2) is 9.54. The fraction of sp³-hybridized carbons (Fsp3) is 0.259. The van der Waals surface area contributed by atoms with E-state index >= 15 is 0 Å². The van der Waals surface area contributed by atoms with E-state index in [2.05, 4.69) is 17.9 Å². The van der Waals surface area contributed by atoms with Crippen molar-refractivity contribution >= 4 is 58.4 Å². The van der Waals surface area contributed by atoms with E-state index in [1.54, 1.807) is 61.5 Å². The van der Waals surface area contributed by atoms with E-state index in [0.29, 0.717) is 39.7 Å². The van der Waals surface area contributed by atoms with Crippen molar-refractivity contribution in [3.8, 4) is 0 Å². The number of nitrogens with one attached hydrogen (secondary N) is 1. The van der Waals surface area contributed by atoms with Crippen molar-refractivity contribution < 1.29 is 19.2 Å². The Balaban J connectivity index is 1.80. The maximum Gasteiger partial charge on any atom is 0.266 e. The van der Waals surface area contributed by atoms with E-state index in [4.69, 9.17) is 0 Å². The maximum atomic E-state index is 13.2. The van der Waals surface area contributed by atoms with Crippen LogP contribution in [0.1, 0.15) is 53.8 Å². The van der Waals surface area contributed by atoms with E-state index in [1.807, 2.05) is 13.0 Å². The van der Waals surface area contributed by atoms with Gasteiger partial charge in [-0.2, -0.15) is 0 Å². The van der Waals surface area contributed by atoms with Crippen LogP contribution in [-0.4, -0.2) is 35.5 Å². The normalized spacial score (nSPS) is 14.6. The van der Waals surface area contributed by atoms with Gasteiger partial charge in [-0.25, -0.2) is 4.90 Å². The molecule has 3 aromatic rings. The Labute approximate surface area is 209 Å². The molecule has 0 saturated heterocycles. The summed E-state index contributed by atoms with van der Waals surface area (Å²) in [5.41, 5.74) is 1.70. The highest BCUT2D eigenvalue weighted by molar-refractivity contribution is 7.82. The minimum absolute atomic E-state index is 0.219. The first kappa shape index (κ1) is 24.5. The van der Waals surface area contributed by atoms with Gasteiger partial charge in [0.05, 0.1) is 16.8 Å². The van der Waals surface area contributed by atoms with Gasteiger partial charge in [-0.1, -0.05) is 43.7 Å². The Kier molecular flexibility index (Phi) is 6.67. The number of amides is 4. The van der Waals surface area contributed by atoms with Gasteiger partial charge < -0.3 is 5.32 Å². The van der Waals surface area contributed by atoms with Crippen LogP contribution in [0.5, 0.6) is 0 Å². The van der Waals surface area contributed by atoms with E-state index in [0.717, 1.165) is 6.42 Å². The number of carbonyl (C=O) groups excluding carboxylic acids is 4. The maximum absolute atomic E-state index is 13.2. The number of nitrogens with zero attached hydrogens (tertiary/aromatic N) is 2. The number of hydrogen-bond acceptors (Lipinski definition) is 5. The molecule has 0 spiro atoms. The molecule has 0 bridgehead atoms. The number of benzene rings is 3. The van der Waals surface area contributed by atoms with Gasteiger partial charge in [0.1, 0.15) is 0 Å². The van der Waals surface area contributed by atoms with E-state index < -0.39 is 10.8 Å². The van der Waals surface area contributed by atoms with Gasteiger partial charge in [-0.3, -0.25) is 24.1 Å². The lowest BCUT2D eigenvalue weighted by Crippen LogP contribution is -2.55. The Morgan fingerprint density at radius 3 is 2.26 bits per heavy atom. The van der Waals surface area contributed by atoms with Crippen molar-refractivity contribution in [3.05, 3.63) is 71.8 Å². The molecule has 1 atom stereocenters. The molecule has 8 heteroatoms. The molecule has 0 saturated carbocycles. The van der Waals surface area contributed by atoms with Crippen molar-refractivity contribution in [1.82, 2.24) is 5.32 Å². The topological polar surface area (TPSA) is 86.8 Å². The summed E-state index contributed by atoms with van der Waals surface area (Å²) < 4.78 is 0. The van der Waals surface area contributed by atoms with E-state index in [1.165, 1.54) is 16.8 Å². The Hall–Kier alpha value is -3.65. The largest absolute Gasteiger partial charge is 0.356 e. The van der Waals surface area contributed by atoms with Crippen molar-refractivity contribution in [2.24, 2.45) is 0 Å². The minimum atomic E-state index is -1.42. The Morgan fingerprint density at radius 2 is 1.66 bits per heavy atom. The molecule has 0 fully saturated rings. The number of hydrogen-bond donors (Lipinski definition) is 2. The molecule has 7 nitrogen and oxygen atoms in total. The standard InChI is InChI=1S/C27H27N3O4S/c1-4-5-13-23(31)30(27(2,35)26(34)28-3)18-14-15-19-17(16-18)9-8-12-22(19)29-24(32)20-10-6-7-11-21(20)25(29)33/h6-12,14-16,35H,4-5,13H2,1-3H3,(H,28,34)/t27-/m1/s1. The lowest BCUT2D eigenvalue weighted by atomic mass is 10.0. The third-order valence-corrected chi connectivity index (χ3v) is 6.62. The lowest BCUT2D eigenvalue weighted by Gasteiger charge is -2.36. The van der Waals surface area contributed by atoms with Crippen molar-refractivity contribution in [1.29, 1.82) is 0 Å². The molecule has 0 aromatic heterocycles. The number of anilines is 2. The highest BCUT2D eigenvalue weighted by atomic mass is 32.1. The van der Waals surface area contributed by atoms with Crippen LogP contribution in [0.4, 0.5) is 11.4 Å². The summed E-state index contributed by atoms with van der Waals surface area (Å²) >= 11 is 4.56. The van der Waals surface area contributed by atoms with Crippen LogP contribution < -0.4 is 15.1 Å². The summed E-state index contributed by atoms with van der Waals surface area (Å²) in [6.45, 7) is 3.57. The van der Waals surface area contributed by atoms with Crippen molar-refractivity contribution in [3.63, 3.8) is 0 Å². The zero-order valence-electron chi connectivity index (χ0n) is 19.9. The molecule has 0 aliphatic carbocycles. The van der Waals surface area contributed by atoms with Gasteiger partial charge in [0.15, 0.2) is 4.87 Å². The van der Waals surface area contributed by atoms with Crippen LogP contribution in [0.25, 0.3) is 10.8 Å². The number of likely N-dealkylation sites (N-methyl/N-ethyl adjacent to an activating group) is 1. The molecule has 180 valence electrons. The van der Waals surface area contributed by atoms with Crippen LogP contribution >= 0.6 is 12.6 Å². The van der Waals surface area contributed by atoms with Gasteiger partial charge in [-0.05, 0) is 49.1 Å². The summed E-state index contributed by atoms with van der Waals surface area (Å²) in [7, 11) is 1.50. The molecule has 0 radical (unpaired) electrons. The molecule has 4 amide bonds. The number of fused-ring (bicyclic) bond motifs is 2. The number of thiol groups is 1. The summed E-state index contributed by atoms with van der Waals surface area (Å²) in [5.74, 6) is -1.38. The summed E-state index contributed by atoms with van der Waals surface area (Å²) in [5, 5.41) is 3.96. The zero-order chi connectivity index (χ0) is 25.3. The first-order valence-corrected chi connectivity index (χ1v) is 11.9. The van der Waals surface area contributed by atoms with Crippen molar-refractivity contribution in [2.75, 3.05) is 16.8 Å². The monoisotopic (exact) mass is 489 g/mol. The second-order valence-corrected chi connectivity index (χ2v) is 9.48. The summed E-state index contributed by atoms with van der Waals surface area (Å²) in [4.78, 5) is 53.1. The van der Waals surface area contributed by atoms with Crippen LogP contribution in [0.3, 0.4) is 0 Å². The Morgan fingerprint density at radius 1 is 1.00 bits per heavy atom. The fourth-order valence-electron chi connectivity index (χ4n) is 4.41. The fourth-order valence-corrected chi connectivity index (χ4v) is 4.75. The third kappa shape index (κ3) is 4.18. The lowest BCUT2D eigenvalue weighted by molar-refractivity contribution is -0.126. The molecule has 1 N–H and O–H groups in total. The molecular formula is C27H27N3O4S. The summed E-state index contributed by atoms with van der Waals surface area (Å²) in [6.07, 6.45) is 1.80. The second-order valence-electron chi connectivity index (χ2n) is 8.61. The average molecular weight is 490 g/mol. The van der Waals surface area contributed by atoms with Gasteiger partial charge in [0.2, 0.25) is 5.91 Å². The Bertz CT molecular complexity index is 1320. The molecular weight excluding hydrogens is 462 g/mol. The predicted octanol–water partition coefficient (Wildman–Crippen LogP) is 4.56. The third-order valence-electron chi connectivity index (χ3n) is 6.22. The van der Waals surface area contributed by atoms with Crippen LogP contribution in [0.15, 0.2) is 60.7 Å². The number of unbranched alkanes of at least 4 members (excludes halogenated alkanes) is 1. The highest BCUT2D eigenvalue weighted by Crippen LogP contribution is 2.37. The molecule has 1 heterocycles. The van der Waals surface area contributed by atoms with Crippen LogP contribution in [-0.2, 0) is 9.59 Å². The number of imide groups is 1. The van der Waals surface area contributed by atoms with Gasteiger partial charge in [-0.15, -0.1) is 12.6 Å². The first-order valence-electron chi connectivity index (χ1n) is 11.5. The first-order chi connectivity index (χ1) is 16.7. The van der Waals surface area contributed by atoms with Crippen LogP contribution in [0.2, 0.25) is 0 Å². The summed E-state index contributed by atoms with van der Waals surface area (Å²) in [6, 6.07) is 17.3. The van der Waals surface area contributed by atoms with Gasteiger partial charge in [0.25, 0.3) is 17.7 Å². The van der Waals surface area contributed by atoms with Gasteiger partial charge >= 0.3 is 0 Å². The average Bonchev–Trinajstić information content (AvgIpc) is 3.11. The smallest absolute Gasteiger partial charge is 0.266 e. The highest BCUT2D eigenvalue weighted by Gasteiger charge is 2.40. The molecule has 4 rings (SSSR count). The molecule has 3 aromatic carbocycles. The predicted molar refractivity (Wildman–Crippen MR) is 140 cm³/mol. The molecule has 1 aliphatic rings. The minimum Gasteiger partial charge on any atom is -0.356 e. The molecule has 35 heavy (non-hydrogen) atoms. The van der Waals surface area contributed by atoms with Crippen molar-refractivity contribution in [2.45, 2.75) is 38.0 Å². The molecule has 1 aliphatic heterocycles. The van der Waals surface area contributed by atoms with E-state index in [-0.39, 0.29) is 24.1 Å². The van der Waals surface area contributed by atoms with Gasteiger partial charge in [0, 0.05) is 24.5 Å². The van der Waals surface area contributed by atoms with E-state index in [9.17, 15) is 19.2 Å². The SMILES string of the molecule is CCCCC(=O)N(c1ccc2c(N3C(=O)c4ccccc4C3=O)cccc2c1)[C@](C)(S)C(=O)NC.